The predicted octanol–water partition coefficient (Wildman–Crippen LogP) is 5.07. The highest BCUT2D eigenvalue weighted by Crippen LogP contribution is 2.44. The number of aryl methyl sites for hydroxylation is 1. The zero-order valence-electron chi connectivity index (χ0n) is 26.8. The van der Waals surface area contributed by atoms with E-state index < -0.39 is 30.0 Å². The maximum atomic E-state index is 13.2. The molecule has 4 N–H and O–H groups in total. The van der Waals surface area contributed by atoms with Gasteiger partial charge in [0, 0.05) is 18.0 Å². The van der Waals surface area contributed by atoms with Crippen molar-refractivity contribution >= 4 is 29.6 Å². The van der Waals surface area contributed by atoms with Gasteiger partial charge in [-0.2, -0.15) is 0 Å². The number of hydrogen-bond donors (Lipinski definition) is 4. The van der Waals surface area contributed by atoms with Crippen molar-refractivity contribution in [1.82, 2.24) is 10.6 Å². The van der Waals surface area contributed by atoms with Crippen molar-refractivity contribution in [3.05, 3.63) is 89.0 Å². The van der Waals surface area contributed by atoms with Gasteiger partial charge >= 0.3 is 12.1 Å². The maximum Gasteiger partial charge on any atom is 0.407 e. The number of fused-ring (bicyclic) bond motifs is 3. The SMILES string of the molecule is COC(=O)CCCCc1cc(NC(=O)C(C)NC(=O)C(NC(=O)OCC2c3ccccc3-c3ccccc32)C(C)C)ccc1CO. The van der Waals surface area contributed by atoms with Gasteiger partial charge in [-0.1, -0.05) is 68.4 Å². The van der Waals surface area contributed by atoms with E-state index in [4.69, 9.17) is 4.74 Å². The second-order valence-corrected chi connectivity index (χ2v) is 11.8. The highest BCUT2D eigenvalue weighted by molar-refractivity contribution is 5.98. The molecule has 244 valence electrons. The molecule has 3 aromatic carbocycles. The monoisotopic (exact) mass is 629 g/mol. The quantitative estimate of drug-likeness (QED) is 0.144. The lowest BCUT2D eigenvalue weighted by atomic mass is 9.98. The molecule has 3 aromatic rings. The number of carbonyl (C=O) groups is 4. The Balaban J connectivity index is 1.31. The number of carbonyl (C=O) groups excluding carboxylic acids is 4. The summed E-state index contributed by atoms with van der Waals surface area (Å²) in [6, 6.07) is 19.5. The fourth-order valence-corrected chi connectivity index (χ4v) is 5.70. The number of rotatable bonds is 14. The molecule has 0 radical (unpaired) electrons. The van der Waals surface area contributed by atoms with Gasteiger partial charge in [0.1, 0.15) is 18.7 Å². The Hall–Kier alpha value is -4.70. The molecule has 0 saturated carbocycles. The molecule has 3 amide bonds. The van der Waals surface area contributed by atoms with Crippen LogP contribution in [0.3, 0.4) is 0 Å². The van der Waals surface area contributed by atoms with Crippen LogP contribution in [0.15, 0.2) is 66.7 Å². The fraction of sp³-hybridized carbons (Fsp3) is 0.389. The van der Waals surface area contributed by atoms with Crippen molar-refractivity contribution in [2.45, 2.75) is 71.1 Å². The number of hydrogen-bond acceptors (Lipinski definition) is 7. The molecule has 0 saturated heterocycles. The Morgan fingerprint density at radius 1 is 0.826 bits per heavy atom. The Bertz CT molecular complexity index is 1510. The maximum absolute atomic E-state index is 13.2. The number of aliphatic hydroxyl groups excluding tert-OH is 1. The van der Waals surface area contributed by atoms with Crippen LogP contribution in [0.2, 0.25) is 0 Å². The third-order valence-corrected chi connectivity index (χ3v) is 8.27. The molecule has 1 aliphatic carbocycles. The normalized spacial score (nSPS) is 13.3. The van der Waals surface area contributed by atoms with E-state index >= 15 is 0 Å². The van der Waals surface area contributed by atoms with Crippen LogP contribution in [0, 0.1) is 5.92 Å². The van der Waals surface area contributed by atoms with Gasteiger partial charge in [-0.05, 0) is 77.6 Å². The molecule has 0 heterocycles. The topological polar surface area (TPSA) is 143 Å². The molecular formula is C36H43N3O7. The number of nitrogens with one attached hydrogen (secondary N) is 3. The van der Waals surface area contributed by atoms with E-state index in [1.165, 1.54) is 7.11 Å². The first-order valence-electron chi connectivity index (χ1n) is 15.6. The zero-order chi connectivity index (χ0) is 33.2. The summed E-state index contributed by atoms with van der Waals surface area (Å²) in [7, 11) is 1.35. The van der Waals surface area contributed by atoms with Crippen molar-refractivity contribution in [3.8, 4) is 11.1 Å². The van der Waals surface area contributed by atoms with Gasteiger partial charge in [-0.3, -0.25) is 14.4 Å². The van der Waals surface area contributed by atoms with Gasteiger partial charge in [0.2, 0.25) is 11.8 Å². The largest absolute Gasteiger partial charge is 0.469 e. The molecular weight excluding hydrogens is 586 g/mol. The summed E-state index contributed by atoms with van der Waals surface area (Å²) in [6.07, 6.45) is 1.56. The van der Waals surface area contributed by atoms with Gasteiger partial charge in [0.15, 0.2) is 0 Å². The minimum atomic E-state index is -0.925. The van der Waals surface area contributed by atoms with Crippen molar-refractivity contribution in [3.63, 3.8) is 0 Å². The number of ether oxygens (including phenoxy) is 2. The highest BCUT2D eigenvalue weighted by atomic mass is 16.5. The summed E-state index contributed by atoms with van der Waals surface area (Å²) in [5.41, 5.74) is 6.52. The first kappa shape index (κ1) is 34.2. The lowest BCUT2D eigenvalue weighted by molar-refractivity contribution is -0.140. The standard InChI is InChI=1S/C36H43N3O7/c1-22(2)33(39-36(44)46-21-31-29-14-8-6-12-27(29)28-13-7-9-15-30(28)31)35(43)37-23(3)34(42)38-26-18-17-25(20-40)24(19-26)11-5-10-16-32(41)45-4/h6-9,12-15,17-19,22-23,31,33,40H,5,10-11,16,20-21H2,1-4H3,(H,37,43)(H,38,42)(H,39,44). The van der Waals surface area contributed by atoms with Crippen molar-refractivity contribution < 1.29 is 33.8 Å². The van der Waals surface area contributed by atoms with E-state index in [0.29, 0.717) is 31.4 Å². The summed E-state index contributed by atoms with van der Waals surface area (Å²) in [6.45, 7) is 5.13. The van der Waals surface area contributed by atoms with Crippen LogP contribution in [0.1, 0.15) is 68.2 Å². The van der Waals surface area contributed by atoms with Crippen molar-refractivity contribution in [2.75, 3.05) is 19.0 Å². The molecule has 4 rings (SSSR count). The Morgan fingerprint density at radius 2 is 1.48 bits per heavy atom. The van der Waals surface area contributed by atoms with E-state index in [0.717, 1.165) is 33.4 Å². The average molecular weight is 630 g/mol. The lowest BCUT2D eigenvalue weighted by Gasteiger charge is -2.24. The van der Waals surface area contributed by atoms with Gasteiger partial charge in [0.05, 0.1) is 13.7 Å². The second-order valence-electron chi connectivity index (χ2n) is 11.8. The van der Waals surface area contributed by atoms with Crippen LogP contribution >= 0.6 is 0 Å². The number of anilines is 1. The summed E-state index contributed by atoms with van der Waals surface area (Å²) >= 11 is 0. The molecule has 0 bridgehead atoms. The number of esters is 1. The molecule has 0 aromatic heterocycles. The second kappa shape index (κ2) is 16.0. The summed E-state index contributed by atoms with van der Waals surface area (Å²) in [4.78, 5) is 50.5. The molecule has 0 aliphatic heterocycles. The van der Waals surface area contributed by atoms with E-state index in [2.05, 4.69) is 32.8 Å². The molecule has 2 unspecified atom stereocenters. The van der Waals surface area contributed by atoms with Crippen molar-refractivity contribution in [2.24, 2.45) is 5.92 Å². The van der Waals surface area contributed by atoms with Crippen LogP contribution in [0.5, 0.6) is 0 Å². The number of unbranched alkanes of at least 4 members (excludes halogenated alkanes) is 1. The molecule has 0 spiro atoms. The third kappa shape index (κ3) is 8.51. The Labute approximate surface area is 269 Å². The molecule has 10 heteroatoms. The predicted molar refractivity (Wildman–Crippen MR) is 175 cm³/mol. The van der Waals surface area contributed by atoms with E-state index in [1.54, 1.807) is 39.0 Å². The first-order valence-corrected chi connectivity index (χ1v) is 15.6. The average Bonchev–Trinajstić information content (AvgIpc) is 3.37. The minimum Gasteiger partial charge on any atom is -0.469 e. The van der Waals surface area contributed by atoms with Crippen LogP contribution < -0.4 is 16.0 Å². The number of benzene rings is 3. The lowest BCUT2D eigenvalue weighted by Crippen LogP contribution is -2.53. The van der Waals surface area contributed by atoms with Crippen LogP contribution in [-0.4, -0.2) is 54.8 Å². The minimum absolute atomic E-state index is 0.111. The van der Waals surface area contributed by atoms with Crippen molar-refractivity contribution in [1.29, 1.82) is 0 Å². The van der Waals surface area contributed by atoms with E-state index in [1.807, 2.05) is 36.4 Å². The first-order chi connectivity index (χ1) is 22.1. The fourth-order valence-electron chi connectivity index (χ4n) is 5.70. The number of aliphatic hydroxyl groups is 1. The van der Waals surface area contributed by atoms with Gasteiger partial charge in [-0.25, -0.2) is 4.79 Å². The summed E-state index contributed by atoms with van der Waals surface area (Å²) in [5.74, 6) is -1.60. The molecule has 10 nitrogen and oxygen atoms in total. The molecule has 1 aliphatic rings. The number of methoxy groups -OCH3 is 1. The molecule has 0 fully saturated rings. The highest BCUT2D eigenvalue weighted by Gasteiger charge is 2.31. The third-order valence-electron chi connectivity index (χ3n) is 8.27. The molecule has 46 heavy (non-hydrogen) atoms. The Kier molecular flexibility index (Phi) is 11.9. The van der Waals surface area contributed by atoms with Gasteiger partial charge in [-0.15, -0.1) is 0 Å². The smallest absolute Gasteiger partial charge is 0.407 e. The van der Waals surface area contributed by atoms with E-state index in [-0.39, 0.29) is 31.0 Å². The van der Waals surface area contributed by atoms with E-state index in [9.17, 15) is 24.3 Å². The van der Waals surface area contributed by atoms with Crippen LogP contribution in [-0.2, 0) is 36.9 Å². The number of alkyl carbamates (subject to hydrolysis) is 1. The molecule has 2 atom stereocenters. The summed E-state index contributed by atoms with van der Waals surface area (Å²) < 4.78 is 10.3. The van der Waals surface area contributed by atoms with Gasteiger partial charge < -0.3 is 30.5 Å². The zero-order valence-corrected chi connectivity index (χ0v) is 26.8. The Morgan fingerprint density at radius 3 is 2.09 bits per heavy atom. The number of amides is 3. The van der Waals surface area contributed by atoms with Crippen LogP contribution in [0.4, 0.5) is 10.5 Å². The van der Waals surface area contributed by atoms with Gasteiger partial charge in [0.25, 0.3) is 0 Å². The van der Waals surface area contributed by atoms with Crippen LogP contribution in [0.25, 0.3) is 11.1 Å². The summed E-state index contributed by atoms with van der Waals surface area (Å²) in [5, 5.41) is 17.9.